The average Bonchev–Trinajstić information content (AvgIpc) is 2.28. The van der Waals surface area contributed by atoms with E-state index < -0.39 is 33.3 Å². The van der Waals surface area contributed by atoms with Crippen LogP contribution in [0.3, 0.4) is 0 Å². The van der Waals surface area contributed by atoms with Gasteiger partial charge in [-0.15, -0.1) is 0 Å². The summed E-state index contributed by atoms with van der Waals surface area (Å²) in [5.74, 6) is -0.570. The predicted octanol–water partition coefficient (Wildman–Crippen LogP) is 1.53. The molecule has 0 spiro atoms. The van der Waals surface area contributed by atoms with Gasteiger partial charge in [0.1, 0.15) is 12.3 Å². The summed E-state index contributed by atoms with van der Waals surface area (Å²) in [4.78, 5) is 11.4. The van der Waals surface area contributed by atoms with Crippen molar-refractivity contribution in [2.45, 2.75) is 0 Å². The minimum atomic E-state index is -3.43. The van der Waals surface area contributed by atoms with Gasteiger partial charge in [0.2, 0.25) is 0 Å². The van der Waals surface area contributed by atoms with Gasteiger partial charge in [-0.3, -0.25) is 13.9 Å². The van der Waals surface area contributed by atoms with Gasteiger partial charge in [0.15, 0.2) is 5.78 Å². The number of rotatable bonds is 8. The second-order valence-corrected chi connectivity index (χ2v) is 7.34. The molecule has 0 aromatic carbocycles. The standard InChI is InChI=1S/C7H16O7P2/c1-11-15(9,12-2)5-7(8)6-16(10,13-3)14-4/h5-6H2,1-4H3. The van der Waals surface area contributed by atoms with E-state index in [1.54, 1.807) is 0 Å². The van der Waals surface area contributed by atoms with Crippen LogP contribution in [0, 0.1) is 0 Å². The predicted molar refractivity (Wildman–Crippen MR) is 58.0 cm³/mol. The fourth-order valence-electron chi connectivity index (χ4n) is 0.889. The molecule has 0 aromatic rings. The van der Waals surface area contributed by atoms with E-state index in [-0.39, 0.29) is 0 Å². The molecule has 0 N–H and O–H groups in total. The van der Waals surface area contributed by atoms with Gasteiger partial charge in [-0.1, -0.05) is 0 Å². The Bertz CT molecular complexity index is 281. The second kappa shape index (κ2) is 6.64. The van der Waals surface area contributed by atoms with E-state index in [1.165, 1.54) is 28.4 Å². The molecule has 0 aromatic heterocycles. The summed E-state index contributed by atoms with van der Waals surface area (Å²) in [6, 6.07) is 0. The molecule has 7 nitrogen and oxygen atoms in total. The number of hydrogen-bond donors (Lipinski definition) is 0. The Morgan fingerprint density at radius 1 is 0.812 bits per heavy atom. The highest BCUT2D eigenvalue weighted by Crippen LogP contribution is 2.50. The van der Waals surface area contributed by atoms with Gasteiger partial charge in [0.25, 0.3) is 0 Å². The van der Waals surface area contributed by atoms with Crippen LogP contribution in [-0.4, -0.2) is 46.5 Å². The minimum Gasteiger partial charge on any atom is -0.312 e. The Labute approximate surface area is 94.5 Å². The lowest BCUT2D eigenvalue weighted by molar-refractivity contribution is -0.114. The van der Waals surface area contributed by atoms with E-state index in [1.807, 2.05) is 0 Å². The van der Waals surface area contributed by atoms with Crippen molar-refractivity contribution in [1.82, 2.24) is 0 Å². The Morgan fingerprint density at radius 2 is 1.06 bits per heavy atom. The van der Waals surface area contributed by atoms with Gasteiger partial charge in [0, 0.05) is 28.4 Å². The highest BCUT2D eigenvalue weighted by atomic mass is 31.2. The molecule has 0 radical (unpaired) electrons. The second-order valence-electron chi connectivity index (χ2n) is 2.81. The first kappa shape index (κ1) is 16.0. The van der Waals surface area contributed by atoms with E-state index >= 15 is 0 Å². The maximum Gasteiger partial charge on any atom is 0.337 e. The number of carbonyl (C=O) groups is 1. The van der Waals surface area contributed by atoms with Crippen LogP contribution < -0.4 is 0 Å². The van der Waals surface area contributed by atoms with E-state index in [4.69, 9.17) is 0 Å². The van der Waals surface area contributed by atoms with E-state index in [0.717, 1.165) is 0 Å². The van der Waals surface area contributed by atoms with Crippen LogP contribution in [0.2, 0.25) is 0 Å². The summed E-state index contributed by atoms with van der Waals surface area (Å²) in [5.41, 5.74) is 0. The molecular formula is C7H16O7P2. The van der Waals surface area contributed by atoms with Crippen LogP contribution in [-0.2, 0) is 32.0 Å². The molecular weight excluding hydrogens is 258 g/mol. The molecule has 0 atom stereocenters. The van der Waals surface area contributed by atoms with Crippen LogP contribution in [0.25, 0.3) is 0 Å². The zero-order valence-electron chi connectivity index (χ0n) is 9.67. The zero-order chi connectivity index (χ0) is 12.8. The monoisotopic (exact) mass is 274 g/mol. The first-order valence-corrected chi connectivity index (χ1v) is 7.73. The zero-order valence-corrected chi connectivity index (χ0v) is 11.5. The quantitative estimate of drug-likeness (QED) is 0.620. The summed E-state index contributed by atoms with van der Waals surface area (Å²) in [6.07, 6.45) is -0.923. The summed E-state index contributed by atoms with van der Waals surface area (Å²) in [6.45, 7) is 0. The summed E-state index contributed by atoms with van der Waals surface area (Å²) in [7, 11) is -2.17. The summed E-state index contributed by atoms with van der Waals surface area (Å²) >= 11 is 0. The lowest BCUT2D eigenvalue weighted by atomic mass is 10.5. The first-order chi connectivity index (χ1) is 7.34. The molecule has 0 heterocycles. The molecule has 0 bridgehead atoms. The smallest absolute Gasteiger partial charge is 0.312 e. The largest absolute Gasteiger partial charge is 0.337 e. The molecule has 16 heavy (non-hydrogen) atoms. The van der Waals surface area contributed by atoms with Gasteiger partial charge in [-0.2, -0.15) is 0 Å². The fraction of sp³-hybridized carbons (Fsp3) is 0.857. The molecule has 0 saturated carbocycles. The third kappa shape index (κ3) is 4.87. The van der Waals surface area contributed by atoms with Gasteiger partial charge in [-0.05, 0) is 0 Å². The van der Waals surface area contributed by atoms with Crippen LogP contribution in [0.4, 0.5) is 0 Å². The van der Waals surface area contributed by atoms with Crippen molar-refractivity contribution in [2.24, 2.45) is 0 Å². The lowest BCUT2D eigenvalue weighted by Crippen LogP contribution is -2.13. The summed E-state index contributed by atoms with van der Waals surface area (Å²) in [5, 5.41) is 0. The van der Waals surface area contributed by atoms with Crippen LogP contribution in [0.15, 0.2) is 0 Å². The number of carbonyl (C=O) groups excluding carboxylic acids is 1. The Hall–Kier alpha value is -0.0300. The molecule has 0 fully saturated rings. The van der Waals surface area contributed by atoms with Gasteiger partial charge < -0.3 is 18.1 Å². The molecule has 0 rings (SSSR count). The molecule has 0 saturated heterocycles. The Balaban J connectivity index is 4.50. The van der Waals surface area contributed by atoms with Crippen molar-refractivity contribution >= 4 is 21.0 Å². The highest BCUT2D eigenvalue weighted by molar-refractivity contribution is 7.57. The van der Waals surface area contributed by atoms with Crippen molar-refractivity contribution in [2.75, 3.05) is 40.8 Å². The van der Waals surface area contributed by atoms with E-state index in [9.17, 15) is 13.9 Å². The third-order valence-corrected chi connectivity index (χ3v) is 5.56. The maximum absolute atomic E-state index is 11.6. The minimum absolute atomic E-state index is 0.462. The molecule has 0 amide bonds. The van der Waals surface area contributed by atoms with Gasteiger partial charge >= 0.3 is 15.2 Å². The van der Waals surface area contributed by atoms with E-state index in [2.05, 4.69) is 18.1 Å². The third-order valence-electron chi connectivity index (χ3n) is 1.85. The van der Waals surface area contributed by atoms with E-state index in [0.29, 0.717) is 0 Å². The lowest BCUT2D eigenvalue weighted by Gasteiger charge is -2.15. The fourth-order valence-corrected chi connectivity index (χ4v) is 2.97. The van der Waals surface area contributed by atoms with Crippen molar-refractivity contribution in [3.05, 3.63) is 0 Å². The number of Topliss-reactive ketones (excluding diaryl/α,β-unsaturated/α-hetero) is 1. The number of ketones is 1. The topological polar surface area (TPSA) is 88.1 Å². The Kier molecular flexibility index (Phi) is 6.63. The van der Waals surface area contributed by atoms with Gasteiger partial charge in [-0.25, -0.2) is 0 Å². The molecule has 96 valence electrons. The normalized spacial score (nSPS) is 12.8. The SMILES string of the molecule is COP(=O)(CC(=O)CP(=O)(OC)OC)OC. The molecule has 0 unspecified atom stereocenters. The maximum atomic E-state index is 11.6. The summed E-state index contributed by atoms with van der Waals surface area (Å²) < 4.78 is 41.5. The molecule has 0 aliphatic carbocycles. The van der Waals surface area contributed by atoms with Crippen molar-refractivity contribution in [1.29, 1.82) is 0 Å². The average molecular weight is 274 g/mol. The molecule has 0 aliphatic rings. The van der Waals surface area contributed by atoms with Crippen molar-refractivity contribution in [3.63, 3.8) is 0 Å². The highest BCUT2D eigenvalue weighted by Gasteiger charge is 2.31. The van der Waals surface area contributed by atoms with Crippen LogP contribution in [0.1, 0.15) is 0 Å². The van der Waals surface area contributed by atoms with Gasteiger partial charge in [0.05, 0.1) is 0 Å². The molecule has 9 heteroatoms. The molecule has 0 aliphatic heterocycles. The van der Waals surface area contributed by atoms with Crippen molar-refractivity contribution < 1.29 is 32.0 Å². The van der Waals surface area contributed by atoms with Crippen LogP contribution in [0.5, 0.6) is 0 Å². The Morgan fingerprint density at radius 3 is 1.25 bits per heavy atom. The number of hydrogen-bond acceptors (Lipinski definition) is 7. The first-order valence-electron chi connectivity index (χ1n) is 4.27. The van der Waals surface area contributed by atoms with Crippen molar-refractivity contribution in [3.8, 4) is 0 Å². The van der Waals surface area contributed by atoms with Crippen LogP contribution >= 0.6 is 15.2 Å².